The Morgan fingerprint density at radius 2 is 2.21 bits per heavy atom. The highest BCUT2D eigenvalue weighted by atomic mass is 19.3. The predicted molar refractivity (Wildman–Crippen MR) is 67.6 cm³/mol. The minimum absolute atomic E-state index is 0.0875. The molecule has 2 rings (SSSR count). The Morgan fingerprint density at radius 1 is 1.47 bits per heavy atom. The van der Waals surface area contributed by atoms with Crippen molar-refractivity contribution in [2.45, 2.75) is 13.0 Å². The molecule has 0 fully saturated rings. The van der Waals surface area contributed by atoms with Gasteiger partial charge in [-0.25, -0.2) is 4.39 Å². The van der Waals surface area contributed by atoms with Crippen LogP contribution in [0.5, 0.6) is 5.75 Å². The second kappa shape index (κ2) is 5.30. The van der Waals surface area contributed by atoms with Crippen LogP contribution in [-0.4, -0.2) is 19.4 Å². The quantitative estimate of drug-likeness (QED) is 0.818. The zero-order valence-electron chi connectivity index (χ0n) is 10.3. The van der Waals surface area contributed by atoms with Crippen LogP contribution in [-0.2, 0) is 6.42 Å². The van der Waals surface area contributed by atoms with Crippen LogP contribution in [0.4, 0.5) is 13.2 Å². The van der Waals surface area contributed by atoms with E-state index < -0.39 is 12.4 Å². The van der Waals surface area contributed by atoms with Crippen LogP contribution in [0.2, 0.25) is 0 Å². The molecule has 0 radical (unpaired) electrons. The average Bonchev–Trinajstić information content (AvgIpc) is 2.63. The molecule has 0 N–H and O–H groups in total. The van der Waals surface area contributed by atoms with E-state index in [-0.39, 0.29) is 5.75 Å². The maximum atomic E-state index is 12.9. The van der Waals surface area contributed by atoms with Crippen LogP contribution >= 0.6 is 0 Å². The van der Waals surface area contributed by atoms with E-state index in [2.05, 4.69) is 16.3 Å². The van der Waals surface area contributed by atoms with Gasteiger partial charge in [0.1, 0.15) is 11.6 Å². The lowest BCUT2D eigenvalue weighted by molar-refractivity contribution is -0.0498. The van der Waals surface area contributed by atoms with E-state index in [0.717, 1.165) is 11.1 Å². The third-order valence-electron chi connectivity index (χ3n) is 2.80. The van der Waals surface area contributed by atoms with E-state index in [1.165, 1.54) is 18.2 Å². The number of aliphatic imine (C=N–C) groups is 1. The van der Waals surface area contributed by atoms with Crippen LogP contribution in [0.3, 0.4) is 0 Å². The summed E-state index contributed by atoms with van der Waals surface area (Å²) >= 11 is 0. The summed E-state index contributed by atoms with van der Waals surface area (Å²) in [5.41, 5.74) is 2.92. The zero-order valence-corrected chi connectivity index (χ0v) is 10.3. The molecule has 0 aromatic heterocycles. The first-order valence-electron chi connectivity index (χ1n) is 5.61. The van der Waals surface area contributed by atoms with Gasteiger partial charge in [-0.05, 0) is 35.4 Å². The van der Waals surface area contributed by atoms with Crippen molar-refractivity contribution >= 4 is 5.71 Å². The van der Waals surface area contributed by atoms with Crippen molar-refractivity contribution in [1.82, 2.24) is 0 Å². The van der Waals surface area contributed by atoms with Gasteiger partial charge in [-0.15, -0.1) is 0 Å². The molecule has 0 spiro atoms. The van der Waals surface area contributed by atoms with Crippen molar-refractivity contribution in [1.29, 1.82) is 0 Å². The molecule has 19 heavy (non-hydrogen) atoms. The fourth-order valence-corrected chi connectivity index (χ4v) is 2.16. The summed E-state index contributed by atoms with van der Waals surface area (Å²) in [4.78, 5) is 4.11. The molecule has 0 amide bonds. The second-order valence-electron chi connectivity index (χ2n) is 4.06. The van der Waals surface area contributed by atoms with E-state index in [0.29, 0.717) is 17.7 Å². The molecule has 0 saturated carbocycles. The van der Waals surface area contributed by atoms with Gasteiger partial charge in [0.2, 0.25) is 0 Å². The molecular formula is C14H12F3NO. The summed E-state index contributed by atoms with van der Waals surface area (Å²) in [7, 11) is 1.60. The summed E-state index contributed by atoms with van der Waals surface area (Å²) in [6, 6.07) is 4.62. The molecule has 1 aliphatic rings. The van der Waals surface area contributed by atoms with Crippen LogP contribution in [0, 0.1) is 0 Å². The first-order valence-corrected chi connectivity index (χ1v) is 5.61. The lowest BCUT2D eigenvalue weighted by Gasteiger charge is -2.06. The van der Waals surface area contributed by atoms with Crippen molar-refractivity contribution in [3.63, 3.8) is 0 Å². The fourth-order valence-electron chi connectivity index (χ4n) is 2.16. The second-order valence-corrected chi connectivity index (χ2v) is 4.06. The predicted octanol–water partition coefficient (Wildman–Crippen LogP) is 3.67. The van der Waals surface area contributed by atoms with Crippen LogP contribution in [0.25, 0.3) is 0 Å². The maximum Gasteiger partial charge on any atom is 0.387 e. The van der Waals surface area contributed by atoms with Crippen LogP contribution in [0.1, 0.15) is 11.1 Å². The Hall–Kier alpha value is -2.04. The Bertz CT molecular complexity index is 576. The molecule has 100 valence electrons. The smallest absolute Gasteiger partial charge is 0.387 e. The van der Waals surface area contributed by atoms with Crippen molar-refractivity contribution in [3.8, 4) is 5.75 Å². The molecule has 1 aliphatic carbocycles. The highest BCUT2D eigenvalue weighted by molar-refractivity contribution is 6.17. The molecule has 0 unspecified atom stereocenters. The Kier molecular flexibility index (Phi) is 3.74. The van der Waals surface area contributed by atoms with Gasteiger partial charge >= 0.3 is 6.61 Å². The largest absolute Gasteiger partial charge is 0.435 e. The molecule has 0 atom stereocenters. The Balaban J connectivity index is 2.38. The number of hydrogen-bond acceptors (Lipinski definition) is 2. The first-order chi connectivity index (χ1) is 9.01. The minimum atomic E-state index is -2.86. The van der Waals surface area contributed by atoms with Crippen molar-refractivity contribution < 1.29 is 17.9 Å². The van der Waals surface area contributed by atoms with E-state index in [4.69, 9.17) is 0 Å². The average molecular weight is 267 g/mol. The highest BCUT2D eigenvalue weighted by Crippen LogP contribution is 2.31. The lowest BCUT2D eigenvalue weighted by Crippen LogP contribution is -2.02. The van der Waals surface area contributed by atoms with Gasteiger partial charge in [-0.1, -0.05) is 6.58 Å². The number of rotatable bonds is 3. The summed E-state index contributed by atoms with van der Waals surface area (Å²) < 4.78 is 41.5. The number of allylic oxidation sites excluding steroid dienone is 3. The van der Waals surface area contributed by atoms with Crippen molar-refractivity contribution in [2.75, 3.05) is 7.05 Å². The molecule has 1 aromatic rings. The van der Waals surface area contributed by atoms with Gasteiger partial charge in [0.25, 0.3) is 0 Å². The molecule has 5 heteroatoms. The molecule has 1 aromatic carbocycles. The number of alkyl halides is 2. The molecule has 2 nitrogen and oxygen atoms in total. The van der Waals surface area contributed by atoms with Gasteiger partial charge in [0, 0.05) is 19.0 Å². The van der Waals surface area contributed by atoms with E-state index >= 15 is 0 Å². The maximum absolute atomic E-state index is 12.9. The monoisotopic (exact) mass is 267 g/mol. The number of hydrogen-bond donors (Lipinski definition) is 0. The molecule has 0 bridgehead atoms. The standard InChI is InChI=1S/C14H12F3NO/c1-8(15)5-10-6-9-7-11(19-14(16)17)3-4-12(9)13(10)18-2/h3-5,7,14H,1,6H2,2H3/b10-5-,18-13?. The fraction of sp³-hybridized carbons (Fsp3) is 0.214. The molecular weight excluding hydrogens is 255 g/mol. The number of benzene rings is 1. The SMILES string of the molecule is C=C(F)/C=C1/Cc2cc(OC(F)F)ccc2C1=NC. The number of halogens is 3. The minimum Gasteiger partial charge on any atom is -0.435 e. The van der Waals surface area contributed by atoms with Crippen LogP contribution in [0.15, 0.2) is 47.2 Å². The third kappa shape index (κ3) is 2.86. The van der Waals surface area contributed by atoms with Gasteiger partial charge < -0.3 is 4.74 Å². The number of fused-ring (bicyclic) bond motifs is 1. The lowest BCUT2D eigenvalue weighted by atomic mass is 10.1. The summed E-state index contributed by atoms with van der Waals surface area (Å²) in [5, 5.41) is 0. The third-order valence-corrected chi connectivity index (χ3v) is 2.80. The normalized spacial score (nSPS) is 18.2. The highest BCUT2D eigenvalue weighted by Gasteiger charge is 2.23. The van der Waals surface area contributed by atoms with Gasteiger partial charge in [-0.2, -0.15) is 8.78 Å². The van der Waals surface area contributed by atoms with Crippen molar-refractivity contribution in [2.24, 2.45) is 4.99 Å². The van der Waals surface area contributed by atoms with Gasteiger partial charge in [-0.3, -0.25) is 4.99 Å². The summed E-state index contributed by atoms with van der Waals surface area (Å²) in [6.07, 6.45) is 1.72. The molecule has 0 aliphatic heterocycles. The Labute approximate surface area is 108 Å². The van der Waals surface area contributed by atoms with Crippen molar-refractivity contribution in [3.05, 3.63) is 53.4 Å². The zero-order chi connectivity index (χ0) is 14.0. The number of ether oxygens (including phenoxy) is 1. The van der Waals surface area contributed by atoms with E-state index in [1.54, 1.807) is 13.1 Å². The Morgan fingerprint density at radius 3 is 2.79 bits per heavy atom. The van der Waals surface area contributed by atoms with E-state index in [9.17, 15) is 13.2 Å². The first kappa shape index (κ1) is 13.4. The van der Waals surface area contributed by atoms with Gasteiger partial charge in [0.05, 0.1) is 5.71 Å². The molecule has 0 saturated heterocycles. The van der Waals surface area contributed by atoms with Crippen LogP contribution < -0.4 is 4.74 Å². The van der Waals surface area contributed by atoms with Gasteiger partial charge in [0.15, 0.2) is 0 Å². The summed E-state index contributed by atoms with van der Waals surface area (Å²) in [5.74, 6) is -0.475. The molecule has 0 heterocycles. The number of nitrogens with zero attached hydrogens (tertiary/aromatic N) is 1. The summed E-state index contributed by atoms with van der Waals surface area (Å²) in [6.45, 7) is 0.323. The van der Waals surface area contributed by atoms with E-state index in [1.807, 2.05) is 0 Å². The topological polar surface area (TPSA) is 21.6 Å².